The lowest BCUT2D eigenvalue weighted by Crippen LogP contribution is -1.96. The van der Waals surface area contributed by atoms with E-state index in [-0.39, 0.29) is 12.4 Å². The van der Waals surface area contributed by atoms with E-state index in [1.165, 1.54) is 6.08 Å². The van der Waals surface area contributed by atoms with Crippen LogP contribution in [0.3, 0.4) is 0 Å². The highest BCUT2D eigenvalue weighted by molar-refractivity contribution is 6.42. The largest absolute Gasteiger partial charge is 0.481 e. The van der Waals surface area contributed by atoms with Crippen LogP contribution in [-0.4, -0.2) is 12.4 Å². The predicted octanol–water partition coefficient (Wildman–Crippen LogP) is 4.90. The number of hydrogen-bond acceptors (Lipinski definition) is 2. The van der Waals surface area contributed by atoms with Gasteiger partial charge in [-0.05, 0) is 48.0 Å². The van der Waals surface area contributed by atoms with Crippen LogP contribution in [0.5, 0.6) is 5.75 Å². The van der Waals surface area contributed by atoms with Gasteiger partial charge in [0.1, 0.15) is 12.4 Å². The molecule has 0 heterocycles. The molecule has 110 valence electrons. The van der Waals surface area contributed by atoms with Gasteiger partial charge in [0, 0.05) is 5.56 Å². The van der Waals surface area contributed by atoms with Crippen molar-refractivity contribution in [2.45, 2.75) is 0 Å². The van der Waals surface area contributed by atoms with Crippen molar-refractivity contribution in [3.8, 4) is 18.1 Å². The highest BCUT2D eigenvalue weighted by Gasteiger charge is 2.03. The van der Waals surface area contributed by atoms with E-state index >= 15 is 0 Å². The average Bonchev–Trinajstić information content (AvgIpc) is 2.54. The summed E-state index contributed by atoms with van der Waals surface area (Å²) >= 11 is 11.8. The summed E-state index contributed by atoms with van der Waals surface area (Å²) in [5, 5.41) is 0.930. The van der Waals surface area contributed by atoms with E-state index in [4.69, 9.17) is 34.4 Å². The summed E-state index contributed by atoms with van der Waals surface area (Å²) in [6.07, 6.45) is 8.28. The molecule has 4 heteroatoms. The van der Waals surface area contributed by atoms with Crippen LogP contribution in [0.1, 0.15) is 15.9 Å². The lowest BCUT2D eigenvalue weighted by Gasteiger charge is -2.02. The molecule has 0 amide bonds. The van der Waals surface area contributed by atoms with Gasteiger partial charge in [0.2, 0.25) is 0 Å². The second kappa shape index (κ2) is 7.70. The summed E-state index contributed by atoms with van der Waals surface area (Å²) in [6.45, 7) is 0.199. The molecule has 0 bridgehead atoms. The smallest absolute Gasteiger partial charge is 0.185 e. The number of allylic oxidation sites excluding steroid dienone is 1. The fourth-order valence-corrected chi connectivity index (χ4v) is 2.03. The van der Waals surface area contributed by atoms with E-state index in [1.54, 1.807) is 48.5 Å². The molecule has 2 rings (SSSR count). The van der Waals surface area contributed by atoms with Crippen molar-refractivity contribution in [1.29, 1.82) is 0 Å². The van der Waals surface area contributed by atoms with Gasteiger partial charge in [-0.2, -0.15) is 0 Å². The fraction of sp³-hybridized carbons (Fsp3) is 0.0556. The van der Waals surface area contributed by atoms with Gasteiger partial charge in [-0.3, -0.25) is 4.79 Å². The zero-order valence-corrected chi connectivity index (χ0v) is 13.1. The van der Waals surface area contributed by atoms with Crippen LogP contribution < -0.4 is 4.74 Å². The molecule has 0 fully saturated rings. The summed E-state index contributed by atoms with van der Waals surface area (Å²) in [5.74, 6) is 2.89. The maximum Gasteiger partial charge on any atom is 0.185 e. The zero-order chi connectivity index (χ0) is 15.9. The third kappa shape index (κ3) is 4.39. The van der Waals surface area contributed by atoms with Crippen LogP contribution in [0.2, 0.25) is 10.0 Å². The van der Waals surface area contributed by atoms with Crippen molar-refractivity contribution in [3.63, 3.8) is 0 Å². The van der Waals surface area contributed by atoms with Crippen molar-refractivity contribution in [2.24, 2.45) is 0 Å². The van der Waals surface area contributed by atoms with Crippen molar-refractivity contribution < 1.29 is 9.53 Å². The fourth-order valence-electron chi connectivity index (χ4n) is 1.72. The minimum atomic E-state index is -0.116. The number of benzene rings is 2. The van der Waals surface area contributed by atoms with Gasteiger partial charge in [-0.1, -0.05) is 41.3 Å². The number of ether oxygens (including phenoxy) is 1. The number of hydrogen-bond donors (Lipinski definition) is 0. The molecule has 2 aromatic rings. The van der Waals surface area contributed by atoms with Crippen LogP contribution in [0, 0.1) is 12.3 Å². The number of rotatable bonds is 5. The minimum Gasteiger partial charge on any atom is -0.481 e. The Morgan fingerprint density at radius 3 is 2.50 bits per heavy atom. The van der Waals surface area contributed by atoms with E-state index in [0.717, 1.165) is 5.56 Å². The molecule has 22 heavy (non-hydrogen) atoms. The third-order valence-electron chi connectivity index (χ3n) is 2.83. The molecule has 0 aliphatic heterocycles. The number of ketones is 1. The molecule has 0 radical (unpaired) electrons. The lowest BCUT2D eigenvalue weighted by atomic mass is 10.1. The molecule has 0 atom stereocenters. The van der Waals surface area contributed by atoms with Crippen molar-refractivity contribution in [2.75, 3.05) is 6.61 Å². The van der Waals surface area contributed by atoms with Gasteiger partial charge in [-0.25, -0.2) is 0 Å². The summed E-state index contributed by atoms with van der Waals surface area (Å²) in [4.78, 5) is 12.1. The third-order valence-corrected chi connectivity index (χ3v) is 3.57. The SMILES string of the molecule is C#CCOc1ccc(C(=O)/C=C/c2ccc(Cl)c(Cl)c2)cc1. The normalized spacial score (nSPS) is 10.4. The van der Waals surface area contributed by atoms with Crippen LogP contribution in [0.4, 0.5) is 0 Å². The zero-order valence-electron chi connectivity index (χ0n) is 11.6. The first-order chi connectivity index (χ1) is 10.6. The minimum absolute atomic E-state index is 0.116. The molecule has 0 spiro atoms. The van der Waals surface area contributed by atoms with Gasteiger partial charge >= 0.3 is 0 Å². The Morgan fingerprint density at radius 1 is 1.14 bits per heavy atom. The van der Waals surface area contributed by atoms with E-state index in [9.17, 15) is 4.79 Å². The van der Waals surface area contributed by atoms with Crippen LogP contribution in [-0.2, 0) is 0 Å². The lowest BCUT2D eigenvalue weighted by molar-refractivity contribution is 0.104. The monoisotopic (exact) mass is 330 g/mol. The average molecular weight is 331 g/mol. The molecule has 0 saturated carbocycles. The van der Waals surface area contributed by atoms with Crippen molar-refractivity contribution in [3.05, 3.63) is 69.7 Å². The molecule has 2 nitrogen and oxygen atoms in total. The second-order valence-corrected chi connectivity index (χ2v) is 5.20. The molecule has 0 saturated heterocycles. The van der Waals surface area contributed by atoms with Gasteiger partial charge in [-0.15, -0.1) is 6.42 Å². The molecule has 0 unspecified atom stereocenters. The Labute approximate surface area is 139 Å². The van der Waals surface area contributed by atoms with Gasteiger partial charge in [0.25, 0.3) is 0 Å². The summed E-state index contributed by atoms with van der Waals surface area (Å²) < 4.78 is 5.25. The Bertz CT molecular complexity index is 741. The first-order valence-electron chi connectivity index (χ1n) is 6.44. The number of halogens is 2. The topological polar surface area (TPSA) is 26.3 Å². The molecular formula is C18H12Cl2O2. The summed E-state index contributed by atoms with van der Waals surface area (Å²) in [7, 11) is 0. The predicted molar refractivity (Wildman–Crippen MR) is 90.6 cm³/mol. The quantitative estimate of drug-likeness (QED) is 0.442. The Hall–Kier alpha value is -2.21. The highest BCUT2D eigenvalue weighted by atomic mass is 35.5. The number of terminal acetylenes is 1. The molecular weight excluding hydrogens is 319 g/mol. The Kier molecular flexibility index (Phi) is 5.66. The number of carbonyl (C=O) groups is 1. The Balaban J connectivity index is 2.06. The Morgan fingerprint density at radius 2 is 1.86 bits per heavy atom. The standard InChI is InChI=1S/C18H12Cl2O2/c1-2-11-22-15-7-5-14(6-8-15)18(21)10-4-13-3-9-16(19)17(20)12-13/h1,3-10,12H,11H2/b10-4+. The van der Waals surface area contributed by atoms with E-state index in [0.29, 0.717) is 21.4 Å². The van der Waals surface area contributed by atoms with E-state index in [2.05, 4.69) is 5.92 Å². The molecule has 0 aliphatic carbocycles. The maximum atomic E-state index is 12.1. The van der Waals surface area contributed by atoms with Gasteiger partial charge in [0.15, 0.2) is 5.78 Å². The van der Waals surface area contributed by atoms with Crippen LogP contribution in [0.25, 0.3) is 6.08 Å². The molecule has 0 aliphatic rings. The van der Waals surface area contributed by atoms with Crippen molar-refractivity contribution >= 4 is 35.1 Å². The molecule has 0 N–H and O–H groups in total. The first kappa shape index (κ1) is 16.2. The van der Waals surface area contributed by atoms with Crippen LogP contribution >= 0.6 is 23.2 Å². The van der Waals surface area contributed by atoms with Gasteiger partial charge in [0.05, 0.1) is 10.0 Å². The highest BCUT2D eigenvalue weighted by Crippen LogP contribution is 2.23. The van der Waals surface area contributed by atoms with E-state index < -0.39 is 0 Å². The molecule has 0 aromatic heterocycles. The first-order valence-corrected chi connectivity index (χ1v) is 7.19. The summed E-state index contributed by atoms with van der Waals surface area (Å²) in [5.41, 5.74) is 1.36. The van der Waals surface area contributed by atoms with Crippen molar-refractivity contribution in [1.82, 2.24) is 0 Å². The molecule has 2 aromatic carbocycles. The summed E-state index contributed by atoms with van der Waals surface area (Å²) in [6, 6.07) is 12.0. The maximum absolute atomic E-state index is 12.1. The van der Waals surface area contributed by atoms with E-state index in [1.807, 2.05) is 0 Å². The number of carbonyl (C=O) groups excluding carboxylic acids is 1. The second-order valence-electron chi connectivity index (χ2n) is 4.39. The van der Waals surface area contributed by atoms with Crippen LogP contribution in [0.15, 0.2) is 48.5 Å². The van der Waals surface area contributed by atoms with Gasteiger partial charge < -0.3 is 4.74 Å².